The van der Waals surface area contributed by atoms with Crippen molar-refractivity contribution in [1.82, 2.24) is 9.99 Å². The second-order valence-electron chi connectivity index (χ2n) is 3.39. The number of hydrogen-bond donors (Lipinski definition) is 1. The molecule has 84 valence electrons. The van der Waals surface area contributed by atoms with Crippen molar-refractivity contribution in [3.05, 3.63) is 36.3 Å². The molecule has 1 aliphatic rings. The SMILES string of the molecule is CN1[C@H](Cl)C=C(C(N)=O)N1c1cccnc1. The summed E-state index contributed by atoms with van der Waals surface area (Å²) in [5.41, 5.74) is 6.01. The molecule has 1 amide bonds. The maximum atomic E-state index is 11.3. The van der Waals surface area contributed by atoms with Crippen molar-refractivity contribution in [2.45, 2.75) is 5.50 Å². The zero-order chi connectivity index (χ0) is 11.7. The molecular weight excluding hydrogens is 228 g/mol. The minimum Gasteiger partial charge on any atom is -0.364 e. The lowest BCUT2D eigenvalue weighted by atomic mass is 10.3. The van der Waals surface area contributed by atoms with Crippen LogP contribution in [-0.2, 0) is 4.79 Å². The van der Waals surface area contributed by atoms with E-state index in [0.29, 0.717) is 5.70 Å². The van der Waals surface area contributed by atoms with E-state index in [0.717, 1.165) is 5.69 Å². The monoisotopic (exact) mass is 238 g/mol. The molecule has 2 N–H and O–H groups in total. The van der Waals surface area contributed by atoms with Gasteiger partial charge in [-0.25, -0.2) is 0 Å². The summed E-state index contributed by atoms with van der Waals surface area (Å²) >= 11 is 6.03. The van der Waals surface area contributed by atoms with Crippen LogP contribution >= 0.6 is 11.6 Å². The molecule has 1 aromatic rings. The molecule has 0 saturated carbocycles. The van der Waals surface area contributed by atoms with Crippen molar-refractivity contribution < 1.29 is 4.79 Å². The third-order valence-electron chi connectivity index (χ3n) is 2.34. The van der Waals surface area contributed by atoms with Crippen molar-refractivity contribution >= 4 is 23.2 Å². The van der Waals surface area contributed by atoms with Gasteiger partial charge < -0.3 is 5.73 Å². The summed E-state index contributed by atoms with van der Waals surface area (Å²) in [6.07, 6.45) is 4.91. The number of primary amides is 1. The normalized spacial score (nSPS) is 21.0. The minimum atomic E-state index is -0.515. The van der Waals surface area contributed by atoms with Gasteiger partial charge in [0.2, 0.25) is 0 Å². The Labute approximate surface area is 98.1 Å². The Morgan fingerprint density at radius 3 is 2.94 bits per heavy atom. The lowest BCUT2D eigenvalue weighted by Crippen LogP contribution is -2.40. The molecule has 5 nitrogen and oxygen atoms in total. The van der Waals surface area contributed by atoms with Gasteiger partial charge in [0.25, 0.3) is 5.91 Å². The summed E-state index contributed by atoms with van der Waals surface area (Å²) in [5.74, 6) is -0.515. The number of halogens is 1. The highest BCUT2D eigenvalue weighted by Gasteiger charge is 2.31. The first-order valence-electron chi connectivity index (χ1n) is 4.70. The van der Waals surface area contributed by atoms with E-state index in [4.69, 9.17) is 17.3 Å². The fourth-order valence-electron chi connectivity index (χ4n) is 1.58. The number of likely N-dealkylation sites (N-methyl/N-ethyl adjacent to an activating group) is 1. The number of carbonyl (C=O) groups excluding carboxylic acids is 1. The standard InChI is InChI=1S/C10H11ClN4O/c1-14-9(11)5-8(10(12)16)15(14)7-3-2-4-13-6-7/h2-6,9H,1H3,(H2,12,16)/t9-/m0/s1. The largest absolute Gasteiger partial charge is 0.364 e. The molecular formula is C10H11ClN4O. The number of rotatable bonds is 2. The molecule has 2 rings (SSSR count). The van der Waals surface area contributed by atoms with Gasteiger partial charge in [-0.05, 0) is 18.2 Å². The molecule has 0 fully saturated rings. The Bertz CT molecular complexity index is 434. The summed E-state index contributed by atoms with van der Waals surface area (Å²) in [6, 6.07) is 3.61. The number of nitrogens with two attached hydrogens (primary N) is 1. The molecule has 1 atom stereocenters. The zero-order valence-corrected chi connectivity index (χ0v) is 9.43. The third-order valence-corrected chi connectivity index (χ3v) is 2.75. The van der Waals surface area contributed by atoms with Gasteiger partial charge in [0.15, 0.2) is 0 Å². The predicted molar refractivity (Wildman–Crippen MR) is 61.4 cm³/mol. The van der Waals surface area contributed by atoms with Crippen LogP contribution in [0.25, 0.3) is 0 Å². The number of alkyl halides is 1. The minimum absolute atomic E-state index is 0.357. The van der Waals surface area contributed by atoms with Gasteiger partial charge in [-0.2, -0.15) is 5.01 Å². The summed E-state index contributed by atoms with van der Waals surface area (Å²) in [4.78, 5) is 15.3. The first-order valence-corrected chi connectivity index (χ1v) is 5.13. The Balaban J connectivity index is 2.40. The molecule has 16 heavy (non-hydrogen) atoms. The maximum absolute atomic E-state index is 11.3. The molecule has 0 bridgehead atoms. The van der Waals surface area contributed by atoms with Crippen LogP contribution in [0, 0.1) is 0 Å². The number of amides is 1. The van der Waals surface area contributed by atoms with Gasteiger partial charge in [-0.15, -0.1) is 0 Å². The van der Waals surface area contributed by atoms with Crippen molar-refractivity contribution in [3.63, 3.8) is 0 Å². The number of pyridine rings is 1. The van der Waals surface area contributed by atoms with Crippen molar-refractivity contribution in [1.29, 1.82) is 0 Å². The van der Waals surface area contributed by atoms with Crippen molar-refractivity contribution in [2.75, 3.05) is 12.1 Å². The molecule has 2 heterocycles. The van der Waals surface area contributed by atoms with Gasteiger partial charge >= 0.3 is 0 Å². The summed E-state index contributed by atoms with van der Waals surface area (Å²) in [7, 11) is 1.77. The number of anilines is 1. The van der Waals surface area contributed by atoms with Crippen LogP contribution in [0.4, 0.5) is 5.69 Å². The van der Waals surface area contributed by atoms with Crippen molar-refractivity contribution in [2.24, 2.45) is 5.73 Å². The molecule has 0 unspecified atom stereocenters. The maximum Gasteiger partial charge on any atom is 0.266 e. The number of hydrazine groups is 1. The summed E-state index contributed by atoms with van der Waals surface area (Å²) in [6.45, 7) is 0. The lowest BCUT2D eigenvalue weighted by Gasteiger charge is -2.29. The van der Waals surface area contributed by atoms with Crippen LogP contribution in [0.1, 0.15) is 0 Å². The third kappa shape index (κ3) is 1.75. The van der Waals surface area contributed by atoms with Crippen LogP contribution in [0.15, 0.2) is 36.3 Å². The highest BCUT2D eigenvalue weighted by molar-refractivity contribution is 6.22. The van der Waals surface area contributed by atoms with Crippen LogP contribution in [0.3, 0.4) is 0 Å². The first-order chi connectivity index (χ1) is 7.61. The fraction of sp³-hybridized carbons (Fsp3) is 0.200. The second kappa shape index (κ2) is 4.11. The fourth-order valence-corrected chi connectivity index (χ4v) is 1.78. The molecule has 0 spiro atoms. The first kappa shape index (κ1) is 10.9. The van der Waals surface area contributed by atoms with E-state index in [-0.39, 0.29) is 5.50 Å². The van der Waals surface area contributed by atoms with E-state index in [2.05, 4.69) is 4.98 Å². The Morgan fingerprint density at radius 2 is 2.38 bits per heavy atom. The quantitative estimate of drug-likeness (QED) is 0.608. The molecule has 0 saturated heterocycles. The van der Waals surface area contributed by atoms with Gasteiger partial charge in [-0.3, -0.25) is 14.8 Å². The summed E-state index contributed by atoms with van der Waals surface area (Å²) in [5, 5.41) is 3.35. The smallest absolute Gasteiger partial charge is 0.266 e. The van der Waals surface area contributed by atoms with E-state index in [1.807, 2.05) is 6.07 Å². The Morgan fingerprint density at radius 1 is 1.62 bits per heavy atom. The van der Waals surface area contributed by atoms with Gasteiger partial charge in [0.05, 0.1) is 11.9 Å². The van der Waals surface area contributed by atoms with Crippen molar-refractivity contribution in [3.8, 4) is 0 Å². The highest BCUT2D eigenvalue weighted by Crippen LogP contribution is 2.28. The molecule has 0 radical (unpaired) electrons. The van der Waals surface area contributed by atoms with E-state index < -0.39 is 5.91 Å². The highest BCUT2D eigenvalue weighted by atomic mass is 35.5. The second-order valence-corrected chi connectivity index (χ2v) is 3.83. The number of nitrogens with zero attached hydrogens (tertiary/aromatic N) is 3. The van der Waals surface area contributed by atoms with E-state index >= 15 is 0 Å². The molecule has 1 aliphatic heterocycles. The van der Waals surface area contributed by atoms with Gasteiger partial charge in [-0.1, -0.05) is 11.6 Å². The average Bonchev–Trinajstić information content (AvgIpc) is 2.57. The van der Waals surface area contributed by atoms with E-state index in [1.54, 1.807) is 41.6 Å². The van der Waals surface area contributed by atoms with Crippen LogP contribution in [0.5, 0.6) is 0 Å². The number of aromatic nitrogens is 1. The predicted octanol–water partition coefficient (Wildman–Crippen LogP) is 0.682. The average molecular weight is 239 g/mol. The van der Waals surface area contributed by atoms with E-state index in [9.17, 15) is 4.79 Å². The van der Waals surface area contributed by atoms with Gasteiger partial charge in [0, 0.05) is 13.2 Å². The Hall–Kier alpha value is -1.59. The lowest BCUT2D eigenvalue weighted by molar-refractivity contribution is -0.114. The molecule has 1 aromatic heterocycles. The van der Waals surface area contributed by atoms with Gasteiger partial charge in [0.1, 0.15) is 11.2 Å². The van der Waals surface area contributed by atoms with Crippen LogP contribution in [-0.4, -0.2) is 28.4 Å². The van der Waals surface area contributed by atoms with E-state index in [1.165, 1.54) is 0 Å². The zero-order valence-electron chi connectivity index (χ0n) is 8.67. The number of carbonyl (C=O) groups is 1. The van der Waals surface area contributed by atoms with Crippen LogP contribution < -0.4 is 10.7 Å². The molecule has 0 aliphatic carbocycles. The topological polar surface area (TPSA) is 62.5 Å². The number of hydrogen-bond acceptors (Lipinski definition) is 4. The molecule has 6 heteroatoms. The summed E-state index contributed by atoms with van der Waals surface area (Å²) < 4.78 is 0. The van der Waals surface area contributed by atoms with Crippen LogP contribution in [0.2, 0.25) is 0 Å². The molecule has 0 aromatic carbocycles. The Kier molecular flexibility index (Phi) is 2.80.